The molecule has 0 unspecified atom stereocenters. The number of nitrogens with zero attached hydrogens (tertiary/aromatic N) is 5. The number of benzene rings is 1. The number of aryl methyl sites for hydroxylation is 1. The molecule has 0 fully saturated rings. The summed E-state index contributed by atoms with van der Waals surface area (Å²) in [6, 6.07) is 3.92. The number of hydrogen-bond donors (Lipinski definition) is 1. The molecule has 3 aromatic rings. The number of fused-ring (bicyclic) bond motifs is 1. The van der Waals surface area contributed by atoms with Crippen LogP contribution in [0.5, 0.6) is 0 Å². The largest absolute Gasteiger partial charge is 0.416 e. The Labute approximate surface area is 131 Å². The number of halogens is 3. The van der Waals surface area contributed by atoms with E-state index >= 15 is 0 Å². The SMILES string of the molecule is Cn1nnc2c(C(=O)Nc3ccc(C(F)(F)F)cc3)ncn2c1=O. The number of amides is 1. The highest BCUT2D eigenvalue weighted by Crippen LogP contribution is 2.29. The number of nitrogens with one attached hydrogen (secondary N) is 1. The molecule has 0 saturated heterocycles. The van der Waals surface area contributed by atoms with E-state index in [9.17, 15) is 22.8 Å². The molecule has 0 radical (unpaired) electrons. The maximum absolute atomic E-state index is 12.5. The Morgan fingerprint density at radius 3 is 2.50 bits per heavy atom. The van der Waals surface area contributed by atoms with Crippen LogP contribution in [0.15, 0.2) is 35.4 Å². The van der Waals surface area contributed by atoms with Crippen LogP contribution in [0.3, 0.4) is 0 Å². The maximum Gasteiger partial charge on any atom is 0.416 e. The van der Waals surface area contributed by atoms with Gasteiger partial charge in [-0.1, -0.05) is 5.21 Å². The number of imidazole rings is 1. The molecule has 0 aliphatic rings. The van der Waals surface area contributed by atoms with E-state index in [1.807, 2.05) is 0 Å². The first-order valence-electron chi connectivity index (χ1n) is 6.53. The first-order chi connectivity index (χ1) is 11.3. The fraction of sp³-hybridized carbons (Fsp3) is 0.154. The molecule has 3 rings (SSSR count). The van der Waals surface area contributed by atoms with Crippen LogP contribution < -0.4 is 11.0 Å². The Balaban J connectivity index is 1.88. The molecule has 8 nitrogen and oxygen atoms in total. The molecule has 2 heterocycles. The van der Waals surface area contributed by atoms with Crippen LogP contribution in [0.1, 0.15) is 16.1 Å². The average Bonchev–Trinajstić information content (AvgIpc) is 2.95. The van der Waals surface area contributed by atoms with Crippen LogP contribution in [0.4, 0.5) is 18.9 Å². The van der Waals surface area contributed by atoms with Crippen molar-refractivity contribution in [1.29, 1.82) is 0 Å². The molecule has 0 aliphatic heterocycles. The fourth-order valence-corrected chi connectivity index (χ4v) is 1.97. The Morgan fingerprint density at radius 2 is 1.88 bits per heavy atom. The van der Waals surface area contributed by atoms with Gasteiger partial charge in [-0.3, -0.25) is 4.79 Å². The molecule has 0 atom stereocenters. The molecule has 124 valence electrons. The Hall–Kier alpha value is -3.24. The molecule has 2 aromatic heterocycles. The summed E-state index contributed by atoms with van der Waals surface area (Å²) in [5, 5.41) is 9.66. The lowest BCUT2D eigenvalue weighted by molar-refractivity contribution is -0.137. The summed E-state index contributed by atoms with van der Waals surface area (Å²) < 4.78 is 39.5. The molecule has 1 aromatic carbocycles. The van der Waals surface area contributed by atoms with Crippen LogP contribution in [0, 0.1) is 0 Å². The fourth-order valence-electron chi connectivity index (χ4n) is 1.97. The highest BCUT2D eigenvalue weighted by molar-refractivity contribution is 6.06. The molecule has 1 N–H and O–H groups in total. The van der Waals surface area contributed by atoms with Crippen LogP contribution in [-0.4, -0.2) is 30.3 Å². The van der Waals surface area contributed by atoms with E-state index in [-0.39, 0.29) is 17.0 Å². The summed E-state index contributed by atoms with van der Waals surface area (Å²) in [6.07, 6.45) is -3.34. The summed E-state index contributed by atoms with van der Waals surface area (Å²) in [6.45, 7) is 0. The summed E-state index contributed by atoms with van der Waals surface area (Å²) in [7, 11) is 1.39. The van der Waals surface area contributed by atoms with Gasteiger partial charge in [-0.15, -0.1) is 5.10 Å². The highest BCUT2D eigenvalue weighted by atomic mass is 19.4. The normalized spacial score (nSPS) is 11.7. The molecule has 0 aliphatic carbocycles. The zero-order valence-corrected chi connectivity index (χ0v) is 12.1. The van der Waals surface area contributed by atoms with E-state index in [1.54, 1.807) is 0 Å². The van der Waals surface area contributed by atoms with Crippen LogP contribution in [0.25, 0.3) is 5.65 Å². The first-order valence-corrected chi connectivity index (χ1v) is 6.53. The van der Waals surface area contributed by atoms with Crippen molar-refractivity contribution >= 4 is 17.2 Å². The second-order valence-electron chi connectivity index (χ2n) is 4.81. The van der Waals surface area contributed by atoms with Gasteiger partial charge >= 0.3 is 11.9 Å². The lowest BCUT2D eigenvalue weighted by Crippen LogP contribution is -2.27. The molecule has 0 spiro atoms. The van der Waals surface area contributed by atoms with Gasteiger partial charge in [0.2, 0.25) is 0 Å². The summed E-state index contributed by atoms with van der Waals surface area (Å²) in [5.41, 5.74) is -1.45. The van der Waals surface area contributed by atoms with Gasteiger partial charge in [0, 0.05) is 12.7 Å². The third-order valence-electron chi connectivity index (χ3n) is 3.18. The topological polar surface area (TPSA) is 94.2 Å². The number of carbonyl (C=O) groups is 1. The van der Waals surface area contributed by atoms with Crippen molar-refractivity contribution in [3.8, 4) is 0 Å². The Bertz CT molecular complexity index is 974. The zero-order chi connectivity index (χ0) is 17.5. The number of alkyl halides is 3. The third-order valence-corrected chi connectivity index (χ3v) is 3.18. The van der Waals surface area contributed by atoms with E-state index in [2.05, 4.69) is 20.6 Å². The van der Waals surface area contributed by atoms with Gasteiger partial charge < -0.3 is 5.32 Å². The van der Waals surface area contributed by atoms with Crippen molar-refractivity contribution in [3.63, 3.8) is 0 Å². The summed E-state index contributed by atoms with van der Waals surface area (Å²) in [5.74, 6) is -0.722. The molecule has 24 heavy (non-hydrogen) atoms. The molecule has 11 heteroatoms. The monoisotopic (exact) mass is 338 g/mol. The number of rotatable bonds is 2. The van der Waals surface area contributed by atoms with E-state index in [4.69, 9.17) is 0 Å². The predicted octanol–water partition coefficient (Wildman–Crippen LogP) is 1.09. The van der Waals surface area contributed by atoms with Gasteiger partial charge in [0.15, 0.2) is 11.3 Å². The number of carbonyl (C=O) groups excluding carboxylic acids is 1. The highest BCUT2D eigenvalue weighted by Gasteiger charge is 2.30. The quantitative estimate of drug-likeness (QED) is 0.755. The van der Waals surface area contributed by atoms with Crippen molar-refractivity contribution < 1.29 is 18.0 Å². The second kappa shape index (κ2) is 5.44. The van der Waals surface area contributed by atoms with Gasteiger partial charge in [0.25, 0.3) is 5.91 Å². The maximum atomic E-state index is 12.5. The van der Waals surface area contributed by atoms with Crippen molar-refractivity contribution in [2.45, 2.75) is 6.18 Å². The summed E-state index contributed by atoms with van der Waals surface area (Å²) >= 11 is 0. The number of anilines is 1. The molecule has 0 saturated carbocycles. The third kappa shape index (κ3) is 2.71. The zero-order valence-electron chi connectivity index (χ0n) is 12.1. The minimum absolute atomic E-state index is 0.0532. The van der Waals surface area contributed by atoms with Crippen LogP contribution >= 0.6 is 0 Å². The van der Waals surface area contributed by atoms with Crippen LogP contribution in [0.2, 0.25) is 0 Å². The smallest absolute Gasteiger partial charge is 0.321 e. The van der Waals surface area contributed by atoms with Crippen molar-refractivity contribution in [3.05, 3.63) is 52.3 Å². The lowest BCUT2D eigenvalue weighted by Gasteiger charge is -2.08. The number of aromatic nitrogens is 5. The Kier molecular flexibility index (Phi) is 3.55. The summed E-state index contributed by atoms with van der Waals surface area (Å²) in [4.78, 5) is 27.8. The predicted molar refractivity (Wildman–Crippen MR) is 75.4 cm³/mol. The molecular formula is C13H9F3N6O2. The standard InChI is InChI=1S/C13H9F3N6O2/c1-21-12(24)22-6-17-9(10(22)19-20-21)11(23)18-8-4-2-7(3-5-8)13(14,15)16/h2-6H,1H3,(H,18,23). The molecule has 1 amide bonds. The van der Waals surface area contributed by atoms with Gasteiger partial charge in [-0.2, -0.15) is 17.9 Å². The van der Waals surface area contributed by atoms with E-state index in [0.29, 0.717) is 0 Å². The van der Waals surface area contributed by atoms with Gasteiger partial charge in [0.1, 0.15) is 6.33 Å². The van der Waals surface area contributed by atoms with E-state index in [0.717, 1.165) is 39.7 Å². The van der Waals surface area contributed by atoms with E-state index < -0.39 is 23.3 Å². The average molecular weight is 338 g/mol. The van der Waals surface area contributed by atoms with Gasteiger partial charge in [-0.25, -0.2) is 14.2 Å². The van der Waals surface area contributed by atoms with E-state index in [1.165, 1.54) is 7.05 Å². The van der Waals surface area contributed by atoms with Crippen LogP contribution in [-0.2, 0) is 13.2 Å². The molecule has 0 bridgehead atoms. The first kappa shape index (κ1) is 15.6. The van der Waals surface area contributed by atoms with Gasteiger partial charge in [-0.05, 0) is 24.3 Å². The Morgan fingerprint density at radius 1 is 1.21 bits per heavy atom. The van der Waals surface area contributed by atoms with Crippen molar-refractivity contribution in [1.82, 2.24) is 24.4 Å². The lowest BCUT2D eigenvalue weighted by atomic mass is 10.2. The second-order valence-corrected chi connectivity index (χ2v) is 4.81. The molecular weight excluding hydrogens is 329 g/mol. The minimum atomic E-state index is -4.46. The van der Waals surface area contributed by atoms with Crippen molar-refractivity contribution in [2.75, 3.05) is 5.32 Å². The van der Waals surface area contributed by atoms with Gasteiger partial charge in [0.05, 0.1) is 5.56 Å². The minimum Gasteiger partial charge on any atom is -0.321 e. The number of hydrogen-bond acceptors (Lipinski definition) is 5. The van der Waals surface area contributed by atoms with Crippen molar-refractivity contribution in [2.24, 2.45) is 7.05 Å².